The van der Waals surface area contributed by atoms with E-state index in [1.807, 2.05) is 16.7 Å². The van der Waals surface area contributed by atoms with Crippen molar-refractivity contribution in [3.8, 4) is 5.75 Å². The Labute approximate surface area is 105 Å². The van der Waals surface area contributed by atoms with Crippen LogP contribution in [0.1, 0.15) is 36.2 Å². The third-order valence-electron chi connectivity index (χ3n) is 3.35. The highest BCUT2D eigenvalue weighted by Crippen LogP contribution is 2.26. The summed E-state index contributed by atoms with van der Waals surface area (Å²) in [4.78, 5) is 0. The number of aromatic hydroxyl groups is 1. The number of phenolic OH excluding ortho intramolecular Hbond substituents is 1. The first-order valence-corrected chi connectivity index (χ1v) is 6.12. The van der Waals surface area contributed by atoms with Gasteiger partial charge in [-0.2, -0.15) is 0 Å². The van der Waals surface area contributed by atoms with Crippen molar-refractivity contribution in [1.82, 2.24) is 14.8 Å². The van der Waals surface area contributed by atoms with Crippen LogP contribution in [-0.4, -0.2) is 25.0 Å². The van der Waals surface area contributed by atoms with Crippen LogP contribution in [-0.2, 0) is 13.0 Å². The summed E-state index contributed by atoms with van der Waals surface area (Å²) in [5.41, 5.74) is 0.827. The largest absolute Gasteiger partial charge is 0.508 e. The molecule has 0 spiro atoms. The topological polar surface area (TPSA) is 71.2 Å². The lowest BCUT2D eigenvalue weighted by atomic mass is 10.1. The number of benzene rings is 1. The molecule has 0 fully saturated rings. The molecule has 94 valence electrons. The molecule has 0 saturated carbocycles. The Morgan fingerprint density at radius 1 is 1.28 bits per heavy atom. The molecule has 1 unspecified atom stereocenters. The van der Waals surface area contributed by atoms with E-state index < -0.39 is 6.10 Å². The van der Waals surface area contributed by atoms with Gasteiger partial charge in [-0.3, -0.25) is 0 Å². The Bertz CT molecular complexity index is 565. The van der Waals surface area contributed by atoms with Crippen LogP contribution in [0.3, 0.4) is 0 Å². The van der Waals surface area contributed by atoms with Crippen LogP contribution in [0, 0.1) is 0 Å². The highest BCUT2D eigenvalue weighted by Gasteiger charge is 2.23. The van der Waals surface area contributed by atoms with Gasteiger partial charge in [0.1, 0.15) is 17.7 Å². The lowest BCUT2D eigenvalue weighted by Crippen LogP contribution is -2.17. The molecule has 2 aromatic rings. The number of aliphatic hydroxyl groups is 1. The Kier molecular flexibility index (Phi) is 2.76. The van der Waals surface area contributed by atoms with E-state index in [4.69, 9.17) is 0 Å². The number of hydrogen-bond donors (Lipinski definition) is 2. The van der Waals surface area contributed by atoms with E-state index in [0.717, 1.165) is 30.8 Å². The predicted octanol–water partition coefficient (Wildman–Crippen LogP) is 1.40. The normalized spacial score (nSPS) is 18.6. The van der Waals surface area contributed by atoms with Crippen LogP contribution in [0.15, 0.2) is 24.3 Å². The number of fused-ring (bicyclic) bond motifs is 1. The van der Waals surface area contributed by atoms with Crippen molar-refractivity contribution in [2.45, 2.75) is 31.9 Å². The second-order valence-electron chi connectivity index (χ2n) is 4.59. The molecule has 0 amide bonds. The van der Waals surface area contributed by atoms with Gasteiger partial charge in [0.15, 0.2) is 5.82 Å². The monoisotopic (exact) mass is 245 g/mol. The van der Waals surface area contributed by atoms with Crippen LogP contribution < -0.4 is 0 Å². The summed E-state index contributed by atoms with van der Waals surface area (Å²) < 4.78 is 1.96. The molecule has 5 heteroatoms. The van der Waals surface area contributed by atoms with E-state index in [1.54, 1.807) is 12.1 Å². The SMILES string of the molecule is Oc1ccccc1Cc1nnc2n1CCCC2O. The Morgan fingerprint density at radius 3 is 2.94 bits per heavy atom. The number of aliphatic hydroxyl groups excluding tert-OH is 1. The highest BCUT2D eigenvalue weighted by molar-refractivity contribution is 5.34. The zero-order valence-corrected chi connectivity index (χ0v) is 9.95. The minimum atomic E-state index is -0.510. The summed E-state index contributed by atoms with van der Waals surface area (Å²) in [7, 11) is 0. The smallest absolute Gasteiger partial charge is 0.161 e. The van der Waals surface area contributed by atoms with E-state index in [-0.39, 0.29) is 5.75 Å². The van der Waals surface area contributed by atoms with Crippen molar-refractivity contribution in [3.05, 3.63) is 41.5 Å². The molecule has 5 nitrogen and oxygen atoms in total. The minimum absolute atomic E-state index is 0.270. The second-order valence-corrected chi connectivity index (χ2v) is 4.59. The quantitative estimate of drug-likeness (QED) is 0.839. The maximum atomic E-state index is 9.82. The van der Waals surface area contributed by atoms with Crippen molar-refractivity contribution in [2.75, 3.05) is 0 Å². The molecule has 2 N–H and O–H groups in total. The van der Waals surface area contributed by atoms with E-state index >= 15 is 0 Å². The summed E-state index contributed by atoms with van der Waals surface area (Å²) in [6.07, 6.45) is 1.70. The average molecular weight is 245 g/mol. The summed E-state index contributed by atoms with van der Waals surface area (Å²) in [6.45, 7) is 0.836. The van der Waals surface area contributed by atoms with Crippen molar-refractivity contribution in [1.29, 1.82) is 0 Å². The number of hydrogen-bond acceptors (Lipinski definition) is 4. The first-order valence-electron chi connectivity index (χ1n) is 6.12. The predicted molar refractivity (Wildman–Crippen MR) is 65.1 cm³/mol. The molecule has 1 aliphatic rings. The molecular formula is C13H15N3O2. The third kappa shape index (κ3) is 1.86. The van der Waals surface area contributed by atoms with Gasteiger partial charge in [-0.1, -0.05) is 18.2 Å². The van der Waals surface area contributed by atoms with Crippen LogP contribution in [0.2, 0.25) is 0 Å². The Hall–Kier alpha value is -1.88. The Morgan fingerprint density at radius 2 is 2.11 bits per heavy atom. The lowest BCUT2D eigenvalue weighted by Gasteiger charge is -2.19. The fraction of sp³-hybridized carbons (Fsp3) is 0.385. The standard InChI is InChI=1S/C13H15N3O2/c17-10-5-2-1-4-9(10)8-12-14-15-13-11(18)6-3-7-16(12)13/h1-2,4-5,11,17-18H,3,6-8H2. The summed E-state index contributed by atoms with van der Waals surface area (Å²) in [6, 6.07) is 7.22. The van der Waals surface area contributed by atoms with E-state index in [0.29, 0.717) is 12.2 Å². The molecular weight excluding hydrogens is 230 g/mol. The molecule has 1 atom stereocenters. The zero-order chi connectivity index (χ0) is 12.5. The van der Waals surface area contributed by atoms with Crippen LogP contribution in [0.4, 0.5) is 0 Å². The van der Waals surface area contributed by atoms with Gasteiger partial charge in [0, 0.05) is 18.5 Å². The molecule has 1 aromatic carbocycles. The van der Waals surface area contributed by atoms with E-state index in [9.17, 15) is 10.2 Å². The van der Waals surface area contributed by atoms with Crippen molar-refractivity contribution in [2.24, 2.45) is 0 Å². The van der Waals surface area contributed by atoms with Gasteiger partial charge in [-0.15, -0.1) is 10.2 Å². The number of aromatic nitrogens is 3. The fourth-order valence-electron chi connectivity index (χ4n) is 2.37. The van der Waals surface area contributed by atoms with E-state index in [2.05, 4.69) is 10.2 Å². The maximum Gasteiger partial charge on any atom is 0.161 e. The van der Waals surface area contributed by atoms with Crippen LogP contribution >= 0.6 is 0 Å². The molecule has 2 heterocycles. The number of phenols is 1. The second kappa shape index (κ2) is 4.42. The van der Waals surface area contributed by atoms with Gasteiger partial charge in [0.05, 0.1) is 0 Å². The molecule has 18 heavy (non-hydrogen) atoms. The number of rotatable bonds is 2. The van der Waals surface area contributed by atoms with Gasteiger partial charge in [0.2, 0.25) is 0 Å². The lowest BCUT2D eigenvalue weighted by molar-refractivity contribution is 0.133. The average Bonchev–Trinajstić information content (AvgIpc) is 2.77. The van der Waals surface area contributed by atoms with Gasteiger partial charge in [-0.25, -0.2) is 0 Å². The first kappa shape index (κ1) is 11.2. The van der Waals surface area contributed by atoms with Gasteiger partial charge in [0.25, 0.3) is 0 Å². The van der Waals surface area contributed by atoms with E-state index in [1.165, 1.54) is 0 Å². The van der Waals surface area contributed by atoms with Crippen molar-refractivity contribution < 1.29 is 10.2 Å². The summed E-state index contributed by atoms with van der Waals surface area (Å²) in [5.74, 6) is 1.71. The molecule has 1 aromatic heterocycles. The highest BCUT2D eigenvalue weighted by atomic mass is 16.3. The van der Waals surface area contributed by atoms with Crippen molar-refractivity contribution in [3.63, 3.8) is 0 Å². The zero-order valence-electron chi connectivity index (χ0n) is 9.95. The van der Waals surface area contributed by atoms with Gasteiger partial charge >= 0.3 is 0 Å². The number of nitrogens with zero attached hydrogens (tertiary/aromatic N) is 3. The molecule has 0 radical (unpaired) electrons. The third-order valence-corrected chi connectivity index (χ3v) is 3.35. The van der Waals surface area contributed by atoms with Crippen LogP contribution in [0.25, 0.3) is 0 Å². The summed E-state index contributed by atoms with van der Waals surface area (Å²) >= 11 is 0. The van der Waals surface area contributed by atoms with Crippen molar-refractivity contribution >= 4 is 0 Å². The summed E-state index contributed by atoms with van der Waals surface area (Å²) in [5, 5.41) is 27.8. The molecule has 1 aliphatic heterocycles. The van der Waals surface area contributed by atoms with Gasteiger partial charge in [-0.05, 0) is 18.9 Å². The van der Waals surface area contributed by atoms with Crippen LogP contribution in [0.5, 0.6) is 5.75 Å². The molecule has 0 saturated heterocycles. The first-order chi connectivity index (χ1) is 8.75. The Balaban J connectivity index is 1.92. The number of para-hydroxylation sites is 1. The molecule has 0 aliphatic carbocycles. The minimum Gasteiger partial charge on any atom is -0.508 e. The fourth-order valence-corrected chi connectivity index (χ4v) is 2.37. The van der Waals surface area contributed by atoms with Gasteiger partial charge < -0.3 is 14.8 Å². The molecule has 0 bridgehead atoms. The maximum absolute atomic E-state index is 9.82. The molecule has 3 rings (SSSR count).